The normalized spacial score (nSPS) is 11.0. The highest BCUT2D eigenvalue weighted by molar-refractivity contribution is 9.10. The summed E-state index contributed by atoms with van der Waals surface area (Å²) in [5.74, 6) is 0. The lowest BCUT2D eigenvalue weighted by Gasteiger charge is -1.95. The number of hydrogen-bond acceptors (Lipinski definition) is 3. The number of thiazole rings is 1. The van der Waals surface area contributed by atoms with Crippen molar-refractivity contribution >= 4 is 32.2 Å². The van der Waals surface area contributed by atoms with Crippen LogP contribution in [-0.4, -0.2) is 14.4 Å². The van der Waals surface area contributed by atoms with Crippen molar-refractivity contribution in [2.24, 2.45) is 0 Å². The zero-order valence-corrected chi connectivity index (χ0v) is 9.99. The molecule has 0 aliphatic rings. The van der Waals surface area contributed by atoms with Gasteiger partial charge >= 0.3 is 0 Å². The highest BCUT2D eigenvalue weighted by atomic mass is 79.9. The number of nitrogens with zero attached hydrogens (tertiary/aromatic N) is 3. The Hall–Kier alpha value is -1.20. The van der Waals surface area contributed by atoms with Crippen molar-refractivity contribution in [3.8, 4) is 11.3 Å². The molecule has 0 saturated carbocycles. The van der Waals surface area contributed by atoms with Crippen molar-refractivity contribution in [2.45, 2.75) is 0 Å². The molecule has 5 heteroatoms. The molecule has 74 valence electrons. The minimum atomic E-state index is 0.940. The summed E-state index contributed by atoms with van der Waals surface area (Å²) in [6.07, 6.45) is 5.57. The number of halogens is 1. The first-order chi connectivity index (χ1) is 7.36. The number of imidazole rings is 1. The third-order valence-electron chi connectivity index (χ3n) is 2.14. The fourth-order valence-corrected chi connectivity index (χ4v) is 2.88. The Labute approximate surface area is 98.6 Å². The van der Waals surface area contributed by atoms with E-state index < -0.39 is 0 Å². The van der Waals surface area contributed by atoms with Crippen molar-refractivity contribution < 1.29 is 0 Å². The van der Waals surface area contributed by atoms with Crippen LogP contribution in [0.5, 0.6) is 0 Å². The minimum absolute atomic E-state index is 0.940. The Morgan fingerprint density at radius 1 is 1.40 bits per heavy atom. The molecular weight excluding hydrogens is 274 g/mol. The first-order valence-corrected chi connectivity index (χ1v) is 6.05. The summed E-state index contributed by atoms with van der Waals surface area (Å²) in [6.45, 7) is 0. The molecule has 0 aliphatic heterocycles. The Morgan fingerprint density at radius 3 is 3.07 bits per heavy atom. The SMILES string of the molecule is Brc1c(-c2cccnc2)nc2sccn12. The smallest absolute Gasteiger partial charge is 0.195 e. The van der Waals surface area contributed by atoms with E-state index in [0.29, 0.717) is 0 Å². The average Bonchev–Trinajstić information content (AvgIpc) is 2.83. The van der Waals surface area contributed by atoms with Crippen molar-refractivity contribution in [1.82, 2.24) is 14.4 Å². The second-order valence-corrected chi connectivity index (χ2v) is 4.67. The molecule has 15 heavy (non-hydrogen) atoms. The molecule has 3 aromatic heterocycles. The van der Waals surface area contributed by atoms with Crippen molar-refractivity contribution in [3.05, 3.63) is 40.7 Å². The van der Waals surface area contributed by atoms with Gasteiger partial charge in [0.15, 0.2) is 4.96 Å². The van der Waals surface area contributed by atoms with Crippen LogP contribution >= 0.6 is 27.3 Å². The molecule has 3 rings (SSSR count). The Kier molecular flexibility index (Phi) is 2.07. The number of aromatic nitrogens is 3. The van der Waals surface area contributed by atoms with Gasteiger partial charge in [0.25, 0.3) is 0 Å². The molecule has 0 saturated heterocycles. The highest BCUT2D eigenvalue weighted by Crippen LogP contribution is 2.29. The number of rotatable bonds is 1. The lowest BCUT2D eigenvalue weighted by molar-refractivity contribution is 1.19. The van der Waals surface area contributed by atoms with E-state index in [2.05, 4.69) is 25.9 Å². The summed E-state index contributed by atoms with van der Waals surface area (Å²) in [4.78, 5) is 9.61. The summed E-state index contributed by atoms with van der Waals surface area (Å²) >= 11 is 5.17. The Bertz CT molecular complexity index is 599. The first kappa shape index (κ1) is 9.06. The summed E-state index contributed by atoms with van der Waals surface area (Å²) < 4.78 is 3.00. The lowest BCUT2D eigenvalue weighted by atomic mass is 10.2. The lowest BCUT2D eigenvalue weighted by Crippen LogP contribution is -1.80. The van der Waals surface area contributed by atoms with Gasteiger partial charge in [0.2, 0.25) is 0 Å². The van der Waals surface area contributed by atoms with E-state index in [1.54, 1.807) is 17.5 Å². The maximum absolute atomic E-state index is 4.54. The standard InChI is InChI=1S/C10H6BrN3S/c11-9-8(7-2-1-3-12-6-7)13-10-14(9)4-5-15-10/h1-6H. The fourth-order valence-electron chi connectivity index (χ4n) is 1.44. The zero-order chi connectivity index (χ0) is 10.3. The van der Waals surface area contributed by atoms with Crippen LogP contribution in [0.4, 0.5) is 0 Å². The highest BCUT2D eigenvalue weighted by Gasteiger charge is 2.11. The molecule has 0 amide bonds. The molecule has 3 heterocycles. The van der Waals surface area contributed by atoms with E-state index in [9.17, 15) is 0 Å². The Morgan fingerprint density at radius 2 is 2.33 bits per heavy atom. The molecule has 0 aliphatic carbocycles. The molecular formula is C10H6BrN3S. The molecule has 0 radical (unpaired) electrons. The van der Waals surface area contributed by atoms with E-state index in [-0.39, 0.29) is 0 Å². The van der Waals surface area contributed by atoms with Gasteiger partial charge in [0.05, 0.1) is 0 Å². The largest absolute Gasteiger partial charge is 0.284 e. The van der Waals surface area contributed by atoms with Crippen LogP contribution in [0.3, 0.4) is 0 Å². The van der Waals surface area contributed by atoms with Crippen LogP contribution in [0, 0.1) is 0 Å². The third kappa shape index (κ3) is 1.39. The molecule has 0 atom stereocenters. The van der Waals surface area contributed by atoms with Gasteiger partial charge < -0.3 is 0 Å². The molecule has 0 spiro atoms. The van der Waals surface area contributed by atoms with E-state index in [1.165, 1.54) is 0 Å². The molecule has 0 unspecified atom stereocenters. The van der Waals surface area contributed by atoms with Gasteiger partial charge in [-0.1, -0.05) is 0 Å². The van der Waals surface area contributed by atoms with Gasteiger partial charge in [-0.2, -0.15) is 0 Å². The molecule has 0 fully saturated rings. The molecule has 0 aromatic carbocycles. The monoisotopic (exact) mass is 279 g/mol. The van der Waals surface area contributed by atoms with Crippen LogP contribution < -0.4 is 0 Å². The quantitative estimate of drug-likeness (QED) is 0.685. The van der Waals surface area contributed by atoms with Crippen LogP contribution in [0.1, 0.15) is 0 Å². The van der Waals surface area contributed by atoms with Crippen LogP contribution in [0.2, 0.25) is 0 Å². The molecule has 0 N–H and O–H groups in total. The third-order valence-corrected chi connectivity index (χ3v) is 3.65. The van der Waals surface area contributed by atoms with Crippen LogP contribution in [0.25, 0.3) is 16.2 Å². The van der Waals surface area contributed by atoms with E-state index in [0.717, 1.165) is 20.8 Å². The second-order valence-electron chi connectivity index (χ2n) is 3.05. The fraction of sp³-hybridized carbons (Fsp3) is 0. The van der Waals surface area contributed by atoms with E-state index >= 15 is 0 Å². The molecule has 3 nitrogen and oxygen atoms in total. The zero-order valence-electron chi connectivity index (χ0n) is 7.59. The van der Waals surface area contributed by atoms with Crippen LogP contribution in [0.15, 0.2) is 40.7 Å². The summed E-state index contributed by atoms with van der Waals surface area (Å²) in [5, 5.41) is 2.01. The first-order valence-electron chi connectivity index (χ1n) is 4.38. The summed E-state index contributed by atoms with van der Waals surface area (Å²) in [6, 6.07) is 3.92. The van der Waals surface area contributed by atoms with Crippen molar-refractivity contribution in [1.29, 1.82) is 0 Å². The van der Waals surface area contributed by atoms with Gasteiger partial charge in [-0.15, -0.1) is 11.3 Å². The summed E-state index contributed by atoms with van der Waals surface area (Å²) in [7, 11) is 0. The van der Waals surface area contributed by atoms with Gasteiger partial charge in [-0.25, -0.2) is 4.98 Å². The number of fused-ring (bicyclic) bond motifs is 1. The van der Waals surface area contributed by atoms with Gasteiger partial charge in [0.1, 0.15) is 10.3 Å². The second kappa shape index (κ2) is 3.43. The number of hydrogen-bond donors (Lipinski definition) is 0. The molecule has 3 aromatic rings. The van der Waals surface area contributed by atoms with Gasteiger partial charge in [-0.3, -0.25) is 9.38 Å². The van der Waals surface area contributed by atoms with E-state index in [4.69, 9.17) is 0 Å². The van der Waals surface area contributed by atoms with E-state index in [1.807, 2.05) is 34.3 Å². The van der Waals surface area contributed by atoms with Crippen molar-refractivity contribution in [3.63, 3.8) is 0 Å². The topological polar surface area (TPSA) is 30.2 Å². The van der Waals surface area contributed by atoms with Gasteiger partial charge in [0, 0.05) is 29.5 Å². The van der Waals surface area contributed by atoms with Gasteiger partial charge in [-0.05, 0) is 28.1 Å². The summed E-state index contributed by atoms with van der Waals surface area (Å²) in [5.41, 5.74) is 1.97. The predicted molar refractivity (Wildman–Crippen MR) is 64.0 cm³/mol. The molecule has 0 bridgehead atoms. The Balaban J connectivity index is 2.27. The predicted octanol–water partition coefficient (Wildman–Crippen LogP) is 3.22. The maximum Gasteiger partial charge on any atom is 0.195 e. The minimum Gasteiger partial charge on any atom is -0.284 e. The maximum atomic E-state index is 4.54. The average molecular weight is 280 g/mol. The van der Waals surface area contributed by atoms with Crippen molar-refractivity contribution in [2.75, 3.05) is 0 Å². The number of pyridine rings is 1. The van der Waals surface area contributed by atoms with Crippen LogP contribution in [-0.2, 0) is 0 Å².